The number of rotatable bonds is 6. The van der Waals surface area contributed by atoms with Crippen LogP contribution in [0.25, 0.3) is 0 Å². The van der Waals surface area contributed by atoms with Gasteiger partial charge in [-0.25, -0.2) is 0 Å². The van der Waals surface area contributed by atoms with Crippen LogP contribution in [0.5, 0.6) is 0 Å². The molecule has 0 aromatic rings. The van der Waals surface area contributed by atoms with Crippen LogP contribution >= 0.6 is 0 Å². The Morgan fingerprint density at radius 1 is 1.31 bits per heavy atom. The maximum absolute atomic E-state index is 7.17. The molecule has 0 bridgehead atoms. The summed E-state index contributed by atoms with van der Waals surface area (Å²) in [6, 6.07) is 0.783. The van der Waals surface area contributed by atoms with Gasteiger partial charge in [0.2, 0.25) is 0 Å². The molecule has 3 heteroatoms. The molecule has 0 aliphatic heterocycles. The van der Waals surface area contributed by atoms with Gasteiger partial charge in [0.05, 0.1) is 5.84 Å². The maximum atomic E-state index is 7.17. The number of nitrogens with one attached hydrogen (secondary N) is 1. The number of nitrogens with zero attached hydrogens (tertiary/aromatic N) is 1. The highest BCUT2D eigenvalue weighted by Crippen LogP contribution is 2.27. The first kappa shape index (κ1) is 13.5. The minimum atomic E-state index is 0.327. The normalized spacial score (nSPS) is 25.9. The minimum absolute atomic E-state index is 0.327. The van der Waals surface area contributed by atoms with Crippen LogP contribution in [0.4, 0.5) is 0 Å². The van der Waals surface area contributed by atoms with Crippen molar-refractivity contribution < 1.29 is 0 Å². The van der Waals surface area contributed by atoms with Crippen molar-refractivity contribution in [2.75, 3.05) is 13.6 Å². The van der Waals surface area contributed by atoms with Gasteiger partial charge in [0, 0.05) is 12.5 Å². The van der Waals surface area contributed by atoms with Crippen LogP contribution in [0.3, 0.4) is 0 Å². The maximum Gasteiger partial charge on any atom is 0.0905 e. The lowest BCUT2D eigenvalue weighted by atomic mass is 9.85. The molecule has 0 spiro atoms. The molecule has 0 radical (unpaired) electrons. The molecular weight excluding hydrogens is 198 g/mol. The van der Waals surface area contributed by atoms with Crippen molar-refractivity contribution in [3.8, 4) is 0 Å². The lowest BCUT2D eigenvalue weighted by Gasteiger charge is -2.36. The number of hydrogen-bond acceptors (Lipinski definition) is 2. The average molecular weight is 225 g/mol. The SMILES string of the molecule is CC1CCCCC1N(C)CCCCC(=N)N. The quantitative estimate of drug-likeness (QED) is 0.415. The second-order valence-corrected chi connectivity index (χ2v) is 5.29. The summed E-state index contributed by atoms with van der Waals surface area (Å²) in [4.78, 5) is 2.52. The second kappa shape index (κ2) is 6.89. The molecular formula is C13H27N3. The van der Waals surface area contributed by atoms with E-state index < -0.39 is 0 Å². The predicted octanol–water partition coefficient (Wildman–Crippen LogP) is 2.60. The summed E-state index contributed by atoms with van der Waals surface area (Å²) in [7, 11) is 2.25. The molecule has 1 fully saturated rings. The third-order valence-corrected chi connectivity index (χ3v) is 3.84. The van der Waals surface area contributed by atoms with Crippen LogP contribution in [0.1, 0.15) is 51.9 Å². The summed E-state index contributed by atoms with van der Waals surface area (Å²) in [5.41, 5.74) is 5.34. The smallest absolute Gasteiger partial charge is 0.0905 e. The van der Waals surface area contributed by atoms with Gasteiger partial charge in [0.25, 0.3) is 0 Å². The Morgan fingerprint density at radius 3 is 2.62 bits per heavy atom. The van der Waals surface area contributed by atoms with Gasteiger partial charge in [-0.2, -0.15) is 0 Å². The fourth-order valence-electron chi connectivity index (χ4n) is 2.79. The van der Waals surface area contributed by atoms with E-state index in [0.29, 0.717) is 5.84 Å². The van der Waals surface area contributed by atoms with Crippen molar-refractivity contribution in [3.05, 3.63) is 0 Å². The van der Waals surface area contributed by atoms with Gasteiger partial charge in [0.15, 0.2) is 0 Å². The molecule has 0 saturated heterocycles. The van der Waals surface area contributed by atoms with Gasteiger partial charge in [0.1, 0.15) is 0 Å². The van der Waals surface area contributed by atoms with Crippen molar-refractivity contribution in [1.82, 2.24) is 4.90 Å². The van der Waals surface area contributed by atoms with E-state index in [0.717, 1.165) is 31.3 Å². The highest BCUT2D eigenvalue weighted by atomic mass is 15.1. The first-order valence-corrected chi connectivity index (χ1v) is 6.64. The monoisotopic (exact) mass is 225 g/mol. The second-order valence-electron chi connectivity index (χ2n) is 5.29. The molecule has 0 aromatic heterocycles. The summed E-state index contributed by atoms with van der Waals surface area (Å²) in [6.45, 7) is 3.54. The van der Waals surface area contributed by atoms with Gasteiger partial charge < -0.3 is 10.6 Å². The molecule has 0 heterocycles. The van der Waals surface area contributed by atoms with E-state index in [1.165, 1.54) is 32.1 Å². The summed E-state index contributed by atoms with van der Waals surface area (Å²) >= 11 is 0. The van der Waals surface area contributed by atoms with Gasteiger partial charge in [-0.1, -0.05) is 19.8 Å². The molecule has 16 heavy (non-hydrogen) atoms. The van der Waals surface area contributed by atoms with E-state index in [-0.39, 0.29) is 0 Å². The Morgan fingerprint density at radius 2 is 2.00 bits per heavy atom. The lowest BCUT2D eigenvalue weighted by molar-refractivity contribution is 0.138. The van der Waals surface area contributed by atoms with Crippen LogP contribution in [0.15, 0.2) is 0 Å². The van der Waals surface area contributed by atoms with Crippen LogP contribution in [0.2, 0.25) is 0 Å². The van der Waals surface area contributed by atoms with Crippen LogP contribution in [-0.2, 0) is 0 Å². The lowest BCUT2D eigenvalue weighted by Crippen LogP contribution is -2.39. The van der Waals surface area contributed by atoms with Gasteiger partial charge in [-0.05, 0) is 45.2 Å². The molecule has 1 aliphatic carbocycles. The molecule has 3 nitrogen and oxygen atoms in total. The van der Waals surface area contributed by atoms with Crippen molar-refractivity contribution in [2.24, 2.45) is 11.7 Å². The number of unbranched alkanes of at least 4 members (excludes halogenated alkanes) is 1. The standard InChI is InChI=1S/C13H27N3/c1-11-7-3-4-8-12(11)16(2)10-6-5-9-13(14)15/h11-12H,3-10H2,1-2H3,(H3,14,15). The minimum Gasteiger partial charge on any atom is -0.388 e. The van der Waals surface area contributed by atoms with Crippen LogP contribution in [-0.4, -0.2) is 30.4 Å². The Labute approximate surface area is 99.9 Å². The molecule has 94 valence electrons. The molecule has 1 aliphatic rings. The van der Waals surface area contributed by atoms with E-state index in [1.807, 2.05) is 0 Å². The summed E-state index contributed by atoms with van der Waals surface area (Å²) < 4.78 is 0. The highest BCUT2D eigenvalue weighted by molar-refractivity contribution is 5.76. The van der Waals surface area contributed by atoms with Crippen LogP contribution in [0, 0.1) is 11.3 Å². The zero-order valence-electron chi connectivity index (χ0n) is 10.8. The van der Waals surface area contributed by atoms with Gasteiger partial charge in [-0.3, -0.25) is 5.41 Å². The van der Waals surface area contributed by atoms with E-state index in [1.54, 1.807) is 0 Å². The van der Waals surface area contributed by atoms with E-state index in [2.05, 4.69) is 18.9 Å². The Kier molecular flexibility index (Phi) is 5.81. The largest absolute Gasteiger partial charge is 0.388 e. The number of amidine groups is 1. The fourth-order valence-corrected chi connectivity index (χ4v) is 2.79. The molecule has 3 N–H and O–H groups in total. The van der Waals surface area contributed by atoms with E-state index in [9.17, 15) is 0 Å². The van der Waals surface area contributed by atoms with Crippen molar-refractivity contribution in [3.63, 3.8) is 0 Å². The van der Waals surface area contributed by atoms with Gasteiger partial charge in [-0.15, -0.1) is 0 Å². The van der Waals surface area contributed by atoms with Crippen molar-refractivity contribution in [2.45, 2.75) is 57.9 Å². The Hall–Kier alpha value is -0.570. The van der Waals surface area contributed by atoms with E-state index in [4.69, 9.17) is 11.1 Å². The van der Waals surface area contributed by atoms with Crippen molar-refractivity contribution in [1.29, 1.82) is 5.41 Å². The number of hydrogen-bond donors (Lipinski definition) is 2. The topological polar surface area (TPSA) is 53.1 Å². The molecule has 1 rings (SSSR count). The summed E-state index contributed by atoms with van der Waals surface area (Å²) in [6.07, 6.45) is 8.55. The Balaban J connectivity index is 2.17. The fraction of sp³-hybridized carbons (Fsp3) is 0.923. The number of nitrogens with two attached hydrogens (primary N) is 1. The first-order chi connectivity index (χ1) is 7.61. The van der Waals surface area contributed by atoms with E-state index >= 15 is 0 Å². The third kappa shape index (κ3) is 4.52. The molecule has 0 aromatic carbocycles. The Bertz CT molecular complexity index is 215. The average Bonchev–Trinajstić information content (AvgIpc) is 2.24. The molecule has 2 atom stereocenters. The third-order valence-electron chi connectivity index (χ3n) is 3.84. The highest BCUT2D eigenvalue weighted by Gasteiger charge is 2.24. The zero-order chi connectivity index (χ0) is 12.0. The van der Waals surface area contributed by atoms with Gasteiger partial charge >= 0.3 is 0 Å². The molecule has 1 saturated carbocycles. The van der Waals surface area contributed by atoms with Crippen molar-refractivity contribution >= 4 is 5.84 Å². The molecule has 2 unspecified atom stereocenters. The summed E-state index contributed by atoms with van der Waals surface area (Å²) in [5.74, 6) is 1.18. The van der Waals surface area contributed by atoms with Crippen LogP contribution < -0.4 is 5.73 Å². The summed E-state index contributed by atoms with van der Waals surface area (Å²) in [5, 5.41) is 7.17. The first-order valence-electron chi connectivity index (χ1n) is 6.64. The predicted molar refractivity (Wildman–Crippen MR) is 69.8 cm³/mol. The zero-order valence-corrected chi connectivity index (χ0v) is 10.8. The molecule has 0 amide bonds.